The first-order valence-electron chi connectivity index (χ1n) is 12.5. The van der Waals surface area contributed by atoms with E-state index < -0.39 is 44.0 Å². The molecule has 2 aromatic carbocycles. The molecule has 0 heterocycles. The van der Waals surface area contributed by atoms with Gasteiger partial charge in [0.2, 0.25) is 15.9 Å². The van der Waals surface area contributed by atoms with E-state index in [1.165, 1.54) is 13.1 Å². The van der Waals surface area contributed by atoms with Gasteiger partial charge in [-0.05, 0) is 48.3 Å². The highest BCUT2D eigenvalue weighted by atomic mass is 32.2. The lowest BCUT2D eigenvalue weighted by molar-refractivity contribution is -0.192. The summed E-state index contributed by atoms with van der Waals surface area (Å²) in [6.07, 6.45) is -0.860. The number of likely N-dealkylation sites (N-methyl/N-ethyl adjacent to an activating group) is 1. The molecule has 0 fully saturated rings. The van der Waals surface area contributed by atoms with E-state index in [1.54, 1.807) is 55.5 Å². The van der Waals surface area contributed by atoms with Gasteiger partial charge < -0.3 is 21.4 Å². The largest absolute Gasteiger partial charge is 0.490 e. The molecule has 1 aliphatic rings. The lowest BCUT2D eigenvalue weighted by Gasteiger charge is -2.28. The molecule has 44 heavy (non-hydrogen) atoms. The Kier molecular flexibility index (Phi) is 11.5. The molecule has 3 rings (SSSR count). The van der Waals surface area contributed by atoms with Crippen LogP contribution in [0.1, 0.15) is 19.8 Å². The van der Waals surface area contributed by atoms with Crippen LogP contribution in [0.2, 0.25) is 0 Å². The number of amides is 1. The molecular weight excluding hydrogens is 629 g/mol. The molecule has 0 radical (unpaired) electrons. The first-order valence-corrected chi connectivity index (χ1v) is 16.2. The molecule has 0 spiro atoms. The fraction of sp³-hybridized carbons (Fsp3) is 0.296. The predicted octanol–water partition coefficient (Wildman–Crippen LogP) is 3.37. The third-order valence-corrected chi connectivity index (χ3v) is 8.99. The number of halogens is 3. The molecule has 0 unspecified atom stereocenters. The van der Waals surface area contributed by atoms with Gasteiger partial charge in [0.05, 0.1) is 16.8 Å². The van der Waals surface area contributed by atoms with Gasteiger partial charge in [-0.3, -0.25) is 4.79 Å². The van der Waals surface area contributed by atoms with Crippen LogP contribution >= 0.6 is 0 Å². The fourth-order valence-corrected chi connectivity index (χ4v) is 5.56. The summed E-state index contributed by atoms with van der Waals surface area (Å²) in [6, 6.07) is 12.2. The van der Waals surface area contributed by atoms with E-state index in [1.807, 2.05) is 0 Å². The van der Waals surface area contributed by atoms with E-state index in [2.05, 4.69) is 10.5 Å². The number of aliphatic carboxylic acids is 1. The molecule has 0 aromatic heterocycles. The monoisotopic (exact) mass is 660 g/mol. The summed E-state index contributed by atoms with van der Waals surface area (Å²) in [6.45, 7) is 1.72. The maximum absolute atomic E-state index is 13.3. The summed E-state index contributed by atoms with van der Waals surface area (Å²) in [7, 11) is -5.83. The van der Waals surface area contributed by atoms with Crippen molar-refractivity contribution in [2.45, 2.75) is 36.9 Å². The van der Waals surface area contributed by atoms with Gasteiger partial charge in [0.25, 0.3) is 0 Å². The third kappa shape index (κ3) is 9.39. The van der Waals surface area contributed by atoms with Crippen molar-refractivity contribution in [3.63, 3.8) is 0 Å². The lowest BCUT2D eigenvalue weighted by atomic mass is 9.90. The lowest BCUT2D eigenvalue weighted by Crippen LogP contribution is -2.45. The van der Waals surface area contributed by atoms with Crippen molar-refractivity contribution in [3.8, 4) is 11.1 Å². The Hall–Kier alpha value is -4.22. The fourth-order valence-electron chi connectivity index (χ4n) is 4.02. The van der Waals surface area contributed by atoms with Crippen LogP contribution < -0.4 is 11.1 Å². The van der Waals surface area contributed by atoms with Gasteiger partial charge in [-0.15, -0.1) is 0 Å². The Morgan fingerprint density at radius 2 is 1.61 bits per heavy atom. The van der Waals surface area contributed by atoms with E-state index in [0.717, 1.165) is 16.8 Å². The van der Waals surface area contributed by atoms with Gasteiger partial charge in [-0.2, -0.15) is 17.5 Å². The van der Waals surface area contributed by atoms with Crippen LogP contribution in [0.3, 0.4) is 0 Å². The van der Waals surface area contributed by atoms with Crippen LogP contribution in [0.5, 0.6) is 0 Å². The van der Waals surface area contributed by atoms with Gasteiger partial charge in [-0.25, -0.2) is 21.6 Å². The zero-order valence-electron chi connectivity index (χ0n) is 24.0. The van der Waals surface area contributed by atoms with Crippen LogP contribution in [0.4, 0.5) is 18.9 Å². The van der Waals surface area contributed by atoms with E-state index >= 15 is 0 Å². The Balaban J connectivity index is 0.000000860. The van der Waals surface area contributed by atoms with Crippen molar-refractivity contribution >= 4 is 43.1 Å². The van der Waals surface area contributed by atoms with Crippen molar-refractivity contribution in [3.05, 3.63) is 71.5 Å². The second-order valence-electron chi connectivity index (χ2n) is 9.66. The summed E-state index contributed by atoms with van der Waals surface area (Å²) in [4.78, 5) is 22.4. The number of nitrogens with zero attached hydrogens (tertiary/aromatic N) is 2. The Labute approximate surface area is 252 Å². The number of carbonyl (C=O) groups excluding carboxylic acids is 1. The molecule has 0 saturated carbocycles. The summed E-state index contributed by atoms with van der Waals surface area (Å²) in [5, 5.41) is 22.2. The van der Waals surface area contributed by atoms with Crippen LogP contribution in [0.15, 0.2) is 81.5 Å². The zero-order valence-corrected chi connectivity index (χ0v) is 25.6. The molecule has 1 amide bonds. The van der Waals surface area contributed by atoms with Crippen molar-refractivity contribution < 1.29 is 49.9 Å². The average Bonchev–Trinajstić information content (AvgIpc) is 2.93. The normalized spacial score (nSPS) is 15.7. The average molecular weight is 661 g/mol. The van der Waals surface area contributed by atoms with Crippen molar-refractivity contribution in [1.29, 1.82) is 0 Å². The molecular formula is C27H31F3N4O8S2. The van der Waals surface area contributed by atoms with E-state index in [0.29, 0.717) is 33.7 Å². The number of alkyl halides is 3. The predicted molar refractivity (Wildman–Crippen MR) is 157 cm³/mol. The number of sulfone groups is 1. The number of carbonyl (C=O) groups is 2. The molecule has 0 saturated heterocycles. The first-order chi connectivity index (χ1) is 20.2. The maximum atomic E-state index is 13.3. The molecule has 17 heteroatoms. The number of hydrogen-bond donors (Lipinski definition) is 4. The molecule has 240 valence electrons. The SMILES string of the molecule is CC1=C(N)C(=NO)CC=C1C[C@@H](C(=O)Nc1ccc(-c2ccccc2S(C)(=O)=O)cc1)N(C)S(C)(=O)=O.O=C(O)C(F)(F)F. The molecule has 1 aliphatic carbocycles. The molecule has 5 N–H and O–H groups in total. The van der Waals surface area contributed by atoms with Crippen molar-refractivity contribution in [1.82, 2.24) is 4.31 Å². The number of rotatable bonds is 8. The van der Waals surface area contributed by atoms with Gasteiger partial charge in [0, 0.05) is 31.0 Å². The topological polar surface area (TPSA) is 197 Å². The minimum absolute atomic E-state index is 0.0560. The minimum Gasteiger partial charge on any atom is -0.475 e. The smallest absolute Gasteiger partial charge is 0.475 e. The number of anilines is 1. The van der Waals surface area contributed by atoms with Gasteiger partial charge in [-0.1, -0.05) is 41.6 Å². The highest BCUT2D eigenvalue weighted by Crippen LogP contribution is 2.30. The van der Waals surface area contributed by atoms with Gasteiger partial charge in [0.15, 0.2) is 9.84 Å². The number of allylic oxidation sites excluding steroid dienone is 3. The second kappa shape index (κ2) is 14.0. The molecule has 2 aromatic rings. The van der Waals surface area contributed by atoms with Crippen LogP contribution in [-0.2, 0) is 29.4 Å². The Morgan fingerprint density at radius 1 is 1.07 bits per heavy atom. The minimum atomic E-state index is -5.08. The summed E-state index contributed by atoms with van der Waals surface area (Å²) < 4.78 is 81.7. The molecule has 1 atom stereocenters. The summed E-state index contributed by atoms with van der Waals surface area (Å²) in [5.74, 6) is -3.31. The highest BCUT2D eigenvalue weighted by Gasteiger charge is 2.38. The molecule has 0 aliphatic heterocycles. The van der Waals surface area contributed by atoms with Crippen LogP contribution in [-0.4, -0.2) is 80.8 Å². The third-order valence-electron chi connectivity index (χ3n) is 6.53. The van der Waals surface area contributed by atoms with Gasteiger partial charge in [0.1, 0.15) is 11.8 Å². The maximum Gasteiger partial charge on any atom is 0.490 e. The number of nitrogens with two attached hydrogens (primary N) is 1. The summed E-state index contributed by atoms with van der Waals surface area (Å²) in [5.41, 5.74) is 9.50. The van der Waals surface area contributed by atoms with E-state index in [4.69, 9.17) is 20.8 Å². The Morgan fingerprint density at radius 3 is 2.09 bits per heavy atom. The quantitative estimate of drug-likeness (QED) is 0.242. The van der Waals surface area contributed by atoms with Gasteiger partial charge >= 0.3 is 12.1 Å². The van der Waals surface area contributed by atoms with Crippen LogP contribution in [0, 0.1) is 0 Å². The van der Waals surface area contributed by atoms with Crippen LogP contribution in [0.25, 0.3) is 11.1 Å². The first kappa shape index (κ1) is 36.0. The Bertz CT molecular complexity index is 1720. The number of carboxylic acids is 1. The second-order valence-corrected chi connectivity index (χ2v) is 13.7. The molecule has 12 nitrogen and oxygen atoms in total. The number of benzene rings is 2. The number of sulfonamides is 1. The number of nitrogens with one attached hydrogen (secondary N) is 1. The number of oxime groups is 1. The number of carboxylic acid groups (broad SMARTS) is 1. The molecule has 0 bridgehead atoms. The number of hydrogen-bond acceptors (Lipinski definition) is 9. The standard InChI is InChI=1S/C25H30N4O6S2.C2HF3O2/c1-16-18(11-14-21(28-31)24(16)26)15-22(29(2)37(4,34)35)25(30)27-19-12-9-17(10-13-19)20-7-5-6-8-23(20)36(3,32)33;3-2(4,5)1(6)7/h5-13,22,31H,14-15,26H2,1-4H3,(H,27,30);(H,6,7)/t22-;/m0./s1. The van der Waals surface area contributed by atoms with E-state index in [-0.39, 0.29) is 23.4 Å². The zero-order chi connectivity index (χ0) is 33.6. The summed E-state index contributed by atoms with van der Waals surface area (Å²) >= 11 is 0. The van der Waals surface area contributed by atoms with Crippen molar-refractivity contribution in [2.75, 3.05) is 24.9 Å². The highest BCUT2D eigenvalue weighted by molar-refractivity contribution is 7.90. The van der Waals surface area contributed by atoms with E-state index in [9.17, 15) is 34.8 Å². The van der Waals surface area contributed by atoms with Crippen molar-refractivity contribution in [2.24, 2.45) is 10.9 Å².